The van der Waals surface area contributed by atoms with Crippen molar-refractivity contribution in [1.82, 2.24) is 4.98 Å². The maximum atomic E-state index is 8.90. The van der Waals surface area contributed by atoms with Crippen LogP contribution in [0.1, 0.15) is 11.1 Å². The van der Waals surface area contributed by atoms with Gasteiger partial charge in [0.1, 0.15) is 23.6 Å². The Morgan fingerprint density at radius 1 is 1.24 bits per heavy atom. The van der Waals surface area contributed by atoms with E-state index in [0.717, 1.165) is 5.56 Å². The minimum absolute atomic E-state index is 0.297. The van der Waals surface area contributed by atoms with Crippen molar-refractivity contribution in [1.29, 1.82) is 5.26 Å². The molecule has 0 unspecified atom stereocenters. The van der Waals surface area contributed by atoms with Gasteiger partial charge in [-0.15, -0.1) is 0 Å². The van der Waals surface area contributed by atoms with E-state index in [1.165, 1.54) is 0 Å². The molecule has 0 atom stereocenters. The zero-order valence-electron chi connectivity index (χ0n) is 8.93. The van der Waals surface area contributed by atoms with Crippen LogP contribution < -0.4 is 4.74 Å². The molecular weight excluding hydrogens is 236 g/mol. The first kappa shape index (κ1) is 11.4. The molecule has 0 aliphatic rings. The highest BCUT2D eigenvalue weighted by molar-refractivity contribution is 6.30. The molecule has 0 bridgehead atoms. The van der Waals surface area contributed by atoms with Crippen LogP contribution in [0.4, 0.5) is 0 Å². The van der Waals surface area contributed by atoms with Gasteiger partial charge in [-0.1, -0.05) is 29.8 Å². The van der Waals surface area contributed by atoms with Crippen LogP contribution in [0.3, 0.4) is 0 Å². The van der Waals surface area contributed by atoms with Crippen LogP contribution in [-0.2, 0) is 6.61 Å². The number of pyridine rings is 1. The normalized spacial score (nSPS) is 9.65. The van der Waals surface area contributed by atoms with E-state index in [0.29, 0.717) is 23.1 Å². The summed E-state index contributed by atoms with van der Waals surface area (Å²) in [4.78, 5) is 3.95. The number of halogens is 1. The Hall–Kier alpha value is -2.05. The maximum Gasteiger partial charge on any atom is 0.137 e. The van der Waals surface area contributed by atoms with E-state index in [2.05, 4.69) is 11.1 Å². The largest absolute Gasteiger partial charge is 0.487 e. The van der Waals surface area contributed by atoms with Gasteiger partial charge in [-0.2, -0.15) is 5.26 Å². The third-order valence-corrected chi connectivity index (χ3v) is 2.57. The van der Waals surface area contributed by atoms with Crippen LogP contribution >= 0.6 is 11.6 Å². The van der Waals surface area contributed by atoms with Gasteiger partial charge in [-0.05, 0) is 18.2 Å². The van der Waals surface area contributed by atoms with E-state index in [4.69, 9.17) is 21.6 Å². The maximum absolute atomic E-state index is 8.90. The summed E-state index contributed by atoms with van der Waals surface area (Å²) in [5, 5.41) is 9.32. The monoisotopic (exact) mass is 244 g/mol. The second kappa shape index (κ2) is 5.33. The Kier molecular flexibility index (Phi) is 3.59. The van der Waals surface area contributed by atoms with Crippen molar-refractivity contribution in [3.63, 3.8) is 0 Å². The van der Waals surface area contributed by atoms with Crippen LogP contribution in [0.5, 0.6) is 5.75 Å². The van der Waals surface area contributed by atoms with Crippen molar-refractivity contribution in [2.45, 2.75) is 6.61 Å². The van der Waals surface area contributed by atoms with E-state index in [1.54, 1.807) is 30.5 Å². The van der Waals surface area contributed by atoms with Crippen molar-refractivity contribution in [3.05, 3.63) is 58.9 Å². The van der Waals surface area contributed by atoms with Crippen LogP contribution in [0.2, 0.25) is 5.15 Å². The van der Waals surface area contributed by atoms with Gasteiger partial charge in [0.05, 0.1) is 5.56 Å². The predicted octanol–water partition coefficient (Wildman–Crippen LogP) is 3.19. The molecular formula is C13H9ClN2O. The molecule has 0 saturated heterocycles. The molecule has 0 amide bonds. The number of hydrogen-bond donors (Lipinski definition) is 0. The summed E-state index contributed by atoms with van der Waals surface area (Å²) in [5.41, 5.74) is 1.30. The molecule has 0 aliphatic carbocycles. The van der Waals surface area contributed by atoms with E-state index in [9.17, 15) is 0 Å². The van der Waals surface area contributed by atoms with E-state index in [1.807, 2.05) is 12.1 Å². The molecule has 4 heteroatoms. The van der Waals surface area contributed by atoms with Crippen LogP contribution in [0.25, 0.3) is 0 Å². The molecule has 0 aliphatic heterocycles. The molecule has 1 aromatic carbocycles. The predicted molar refractivity (Wildman–Crippen MR) is 64.7 cm³/mol. The molecule has 0 fully saturated rings. The van der Waals surface area contributed by atoms with Gasteiger partial charge < -0.3 is 4.74 Å². The van der Waals surface area contributed by atoms with Crippen LogP contribution in [-0.4, -0.2) is 4.98 Å². The van der Waals surface area contributed by atoms with Crippen molar-refractivity contribution in [2.75, 3.05) is 0 Å². The van der Waals surface area contributed by atoms with Gasteiger partial charge in [-0.3, -0.25) is 0 Å². The highest BCUT2D eigenvalue weighted by atomic mass is 35.5. The average Bonchev–Trinajstić information content (AvgIpc) is 2.38. The summed E-state index contributed by atoms with van der Waals surface area (Å²) in [5.74, 6) is 0.551. The molecule has 17 heavy (non-hydrogen) atoms. The number of ether oxygens (including phenoxy) is 1. The van der Waals surface area contributed by atoms with Crippen LogP contribution in [0.15, 0.2) is 42.6 Å². The molecule has 3 nitrogen and oxygen atoms in total. The van der Waals surface area contributed by atoms with Gasteiger partial charge >= 0.3 is 0 Å². The molecule has 1 aromatic heterocycles. The Bertz CT molecular complexity index is 563. The summed E-state index contributed by atoms with van der Waals surface area (Å²) in [6, 6.07) is 12.8. The molecule has 0 N–H and O–H groups in total. The zero-order valence-corrected chi connectivity index (χ0v) is 9.69. The number of aromatic nitrogens is 1. The molecule has 0 saturated carbocycles. The third-order valence-electron chi connectivity index (χ3n) is 2.23. The van der Waals surface area contributed by atoms with Gasteiger partial charge in [0.15, 0.2) is 0 Å². The highest BCUT2D eigenvalue weighted by Gasteiger charge is 2.04. The number of nitriles is 1. The first-order chi connectivity index (χ1) is 8.31. The van der Waals surface area contributed by atoms with Gasteiger partial charge in [0.2, 0.25) is 0 Å². The number of nitrogens with zero attached hydrogens (tertiary/aromatic N) is 2. The summed E-state index contributed by atoms with van der Waals surface area (Å²) in [7, 11) is 0. The number of benzene rings is 1. The summed E-state index contributed by atoms with van der Waals surface area (Å²) >= 11 is 5.91. The zero-order chi connectivity index (χ0) is 12.1. The molecule has 0 radical (unpaired) electrons. The van der Waals surface area contributed by atoms with E-state index >= 15 is 0 Å². The smallest absolute Gasteiger partial charge is 0.137 e. The lowest BCUT2D eigenvalue weighted by Crippen LogP contribution is -1.98. The fourth-order valence-electron chi connectivity index (χ4n) is 1.37. The minimum Gasteiger partial charge on any atom is -0.487 e. The summed E-state index contributed by atoms with van der Waals surface area (Å²) in [6.45, 7) is 0.297. The number of para-hydroxylation sites is 1. The van der Waals surface area contributed by atoms with Gasteiger partial charge in [-0.25, -0.2) is 4.98 Å². The van der Waals surface area contributed by atoms with Gasteiger partial charge in [0, 0.05) is 11.8 Å². The van der Waals surface area contributed by atoms with E-state index < -0.39 is 0 Å². The summed E-state index contributed by atoms with van der Waals surface area (Å²) < 4.78 is 5.55. The SMILES string of the molecule is N#Cc1ccccc1OCc1cccnc1Cl. The Labute approximate surface area is 104 Å². The standard InChI is InChI=1S/C13H9ClN2O/c14-13-11(5-3-7-16-13)9-17-12-6-2-1-4-10(12)8-15/h1-7H,9H2. The van der Waals surface area contributed by atoms with Crippen molar-refractivity contribution >= 4 is 11.6 Å². The lowest BCUT2D eigenvalue weighted by molar-refractivity contribution is 0.305. The average molecular weight is 245 g/mol. The molecule has 2 rings (SSSR count). The first-order valence-electron chi connectivity index (χ1n) is 5.02. The van der Waals surface area contributed by atoms with Crippen molar-refractivity contribution in [2.24, 2.45) is 0 Å². The molecule has 0 spiro atoms. The Balaban J connectivity index is 2.13. The molecule has 84 valence electrons. The quantitative estimate of drug-likeness (QED) is 0.779. The van der Waals surface area contributed by atoms with Crippen molar-refractivity contribution < 1.29 is 4.74 Å². The van der Waals surface area contributed by atoms with Crippen LogP contribution in [0, 0.1) is 11.3 Å². The fraction of sp³-hybridized carbons (Fsp3) is 0.0769. The molecule has 1 heterocycles. The highest BCUT2D eigenvalue weighted by Crippen LogP contribution is 2.20. The third kappa shape index (κ3) is 2.74. The summed E-state index contributed by atoms with van der Waals surface area (Å²) in [6.07, 6.45) is 1.62. The first-order valence-corrected chi connectivity index (χ1v) is 5.40. The van der Waals surface area contributed by atoms with E-state index in [-0.39, 0.29) is 0 Å². The Morgan fingerprint density at radius 2 is 2.06 bits per heavy atom. The Morgan fingerprint density at radius 3 is 2.82 bits per heavy atom. The van der Waals surface area contributed by atoms with Crippen molar-refractivity contribution in [3.8, 4) is 11.8 Å². The lowest BCUT2D eigenvalue weighted by atomic mass is 10.2. The lowest BCUT2D eigenvalue weighted by Gasteiger charge is -2.08. The van der Waals surface area contributed by atoms with Gasteiger partial charge in [0.25, 0.3) is 0 Å². The second-order valence-electron chi connectivity index (χ2n) is 3.35. The number of hydrogen-bond acceptors (Lipinski definition) is 3. The topological polar surface area (TPSA) is 45.9 Å². The number of rotatable bonds is 3. The fourth-order valence-corrected chi connectivity index (χ4v) is 1.54. The minimum atomic E-state index is 0.297. The second-order valence-corrected chi connectivity index (χ2v) is 3.71. The molecule has 2 aromatic rings.